The highest BCUT2D eigenvalue weighted by molar-refractivity contribution is 5.75. The number of hydrogen-bond acceptors (Lipinski definition) is 2. The number of rotatable bonds is 4. The molecule has 0 heterocycles. The van der Waals surface area contributed by atoms with E-state index in [1.54, 1.807) is 7.11 Å². The zero-order valence-corrected chi connectivity index (χ0v) is 7.94. The molecule has 1 amide bonds. The molecule has 0 spiro atoms. The maximum atomic E-state index is 10.5. The van der Waals surface area contributed by atoms with Crippen molar-refractivity contribution in [2.75, 3.05) is 20.3 Å². The quantitative estimate of drug-likeness (QED) is 0.637. The van der Waals surface area contributed by atoms with Crippen molar-refractivity contribution in [2.24, 2.45) is 0 Å². The Morgan fingerprint density at radius 1 is 1.55 bits per heavy atom. The lowest BCUT2D eigenvalue weighted by Crippen LogP contribution is -2.25. The van der Waals surface area contributed by atoms with Gasteiger partial charge in [0.15, 0.2) is 0 Å². The summed E-state index contributed by atoms with van der Waals surface area (Å²) in [6, 6.07) is 0. The van der Waals surface area contributed by atoms with Crippen LogP contribution in [0, 0.1) is 0 Å². The third-order valence-corrected chi connectivity index (χ3v) is 0.949. The molecule has 0 unspecified atom stereocenters. The standard InChI is InChI=1S/C6H13NO2.C2H6.H2/c1-3-6(8)7-4-5-9-2;1-2;/h3-5H2,1-2H3,(H,7,8);1-2H3;1H. The molecule has 70 valence electrons. The third kappa shape index (κ3) is 12.6. The molecule has 0 saturated carbocycles. The van der Waals surface area contributed by atoms with E-state index in [2.05, 4.69) is 5.32 Å². The molecule has 0 aliphatic heterocycles. The number of nitrogens with one attached hydrogen (secondary N) is 1. The second-order valence-corrected chi connectivity index (χ2v) is 1.70. The largest absolute Gasteiger partial charge is 0.383 e. The van der Waals surface area contributed by atoms with Crippen molar-refractivity contribution in [2.45, 2.75) is 27.2 Å². The van der Waals surface area contributed by atoms with E-state index in [1.807, 2.05) is 20.8 Å². The zero-order chi connectivity index (χ0) is 9.11. The van der Waals surface area contributed by atoms with Gasteiger partial charge in [0.25, 0.3) is 0 Å². The van der Waals surface area contributed by atoms with E-state index in [0.29, 0.717) is 19.6 Å². The van der Waals surface area contributed by atoms with Crippen LogP contribution < -0.4 is 5.32 Å². The Labute approximate surface area is 70.6 Å². The van der Waals surface area contributed by atoms with Gasteiger partial charge >= 0.3 is 0 Å². The van der Waals surface area contributed by atoms with Crippen molar-refractivity contribution < 1.29 is 11.0 Å². The number of methoxy groups -OCH3 is 1. The Kier molecular flexibility index (Phi) is 14.4. The molecular weight excluding hydrogens is 142 g/mol. The fraction of sp³-hybridized carbons (Fsp3) is 0.875. The van der Waals surface area contributed by atoms with Crippen LogP contribution in [-0.2, 0) is 9.53 Å². The molecule has 0 aliphatic carbocycles. The Morgan fingerprint density at radius 3 is 2.45 bits per heavy atom. The lowest BCUT2D eigenvalue weighted by atomic mass is 10.4. The first-order valence-electron chi connectivity index (χ1n) is 4.07. The summed E-state index contributed by atoms with van der Waals surface area (Å²) in [5.74, 6) is 0.0760. The van der Waals surface area contributed by atoms with Crippen LogP contribution in [0.25, 0.3) is 0 Å². The van der Waals surface area contributed by atoms with Gasteiger partial charge in [-0.2, -0.15) is 0 Å². The maximum absolute atomic E-state index is 10.5. The highest BCUT2D eigenvalue weighted by Gasteiger charge is 1.92. The van der Waals surface area contributed by atoms with Gasteiger partial charge < -0.3 is 10.1 Å². The first-order valence-corrected chi connectivity index (χ1v) is 4.07. The van der Waals surface area contributed by atoms with Gasteiger partial charge in [-0.1, -0.05) is 20.8 Å². The fourth-order valence-corrected chi connectivity index (χ4v) is 0.418. The van der Waals surface area contributed by atoms with Crippen LogP contribution >= 0.6 is 0 Å². The van der Waals surface area contributed by atoms with Gasteiger partial charge in [0.2, 0.25) is 5.91 Å². The van der Waals surface area contributed by atoms with Crippen molar-refractivity contribution in [1.29, 1.82) is 0 Å². The van der Waals surface area contributed by atoms with Crippen molar-refractivity contribution in [1.82, 2.24) is 5.32 Å². The van der Waals surface area contributed by atoms with Gasteiger partial charge in [-0.3, -0.25) is 4.79 Å². The summed E-state index contributed by atoms with van der Waals surface area (Å²) in [7, 11) is 1.61. The Balaban J connectivity index is -0.000000249. The first kappa shape index (κ1) is 13.1. The van der Waals surface area contributed by atoms with Crippen LogP contribution in [-0.4, -0.2) is 26.2 Å². The van der Waals surface area contributed by atoms with Crippen molar-refractivity contribution >= 4 is 5.91 Å². The van der Waals surface area contributed by atoms with E-state index in [4.69, 9.17) is 4.74 Å². The normalized spacial score (nSPS) is 8.00. The topological polar surface area (TPSA) is 38.3 Å². The van der Waals surface area contributed by atoms with Crippen molar-refractivity contribution in [3.05, 3.63) is 0 Å². The smallest absolute Gasteiger partial charge is 0.219 e. The first-order chi connectivity index (χ1) is 5.31. The second kappa shape index (κ2) is 12.1. The zero-order valence-electron chi connectivity index (χ0n) is 7.94. The number of carbonyl (C=O) groups excluding carboxylic acids is 1. The minimum absolute atomic E-state index is 0. The molecule has 0 aromatic heterocycles. The van der Waals surface area contributed by atoms with Gasteiger partial charge in [-0.25, -0.2) is 0 Å². The average molecular weight is 163 g/mol. The van der Waals surface area contributed by atoms with E-state index in [0.717, 1.165) is 0 Å². The van der Waals surface area contributed by atoms with E-state index in [9.17, 15) is 4.79 Å². The van der Waals surface area contributed by atoms with Crippen molar-refractivity contribution in [3.8, 4) is 0 Å². The van der Waals surface area contributed by atoms with Crippen LogP contribution in [0.1, 0.15) is 28.6 Å². The number of hydrogen-bond donors (Lipinski definition) is 1. The summed E-state index contributed by atoms with van der Waals surface area (Å²) in [6.45, 7) is 7.02. The van der Waals surface area contributed by atoms with Gasteiger partial charge in [0.1, 0.15) is 0 Å². The van der Waals surface area contributed by atoms with E-state index in [-0.39, 0.29) is 7.33 Å². The second-order valence-electron chi connectivity index (χ2n) is 1.70. The molecule has 0 aromatic carbocycles. The number of ether oxygens (including phenoxy) is 1. The molecule has 0 aliphatic rings. The number of carbonyl (C=O) groups is 1. The summed E-state index contributed by atoms with van der Waals surface area (Å²) < 4.78 is 4.72. The van der Waals surface area contributed by atoms with Crippen LogP contribution in [0.2, 0.25) is 0 Å². The predicted octanol–water partition coefficient (Wildman–Crippen LogP) is 1.43. The van der Waals surface area contributed by atoms with Gasteiger partial charge in [-0.05, 0) is 0 Å². The summed E-state index contributed by atoms with van der Waals surface area (Å²) in [5, 5.41) is 2.67. The highest BCUT2D eigenvalue weighted by atomic mass is 16.5. The molecule has 0 radical (unpaired) electrons. The van der Waals surface area contributed by atoms with E-state index >= 15 is 0 Å². The van der Waals surface area contributed by atoms with Crippen LogP contribution in [0.15, 0.2) is 0 Å². The summed E-state index contributed by atoms with van der Waals surface area (Å²) in [4.78, 5) is 10.5. The Bertz CT molecular complexity index is 89.1. The molecule has 0 rings (SSSR count). The van der Waals surface area contributed by atoms with Gasteiger partial charge in [0, 0.05) is 21.5 Å². The summed E-state index contributed by atoms with van der Waals surface area (Å²) in [6.07, 6.45) is 0.545. The minimum Gasteiger partial charge on any atom is -0.383 e. The lowest BCUT2D eigenvalue weighted by Gasteiger charge is -1.99. The Hall–Kier alpha value is -0.570. The van der Waals surface area contributed by atoms with Gasteiger partial charge in [0.05, 0.1) is 6.61 Å². The predicted molar refractivity (Wildman–Crippen MR) is 48.6 cm³/mol. The Morgan fingerprint density at radius 2 is 2.09 bits per heavy atom. The van der Waals surface area contributed by atoms with E-state index < -0.39 is 0 Å². The monoisotopic (exact) mass is 163 g/mol. The number of amides is 1. The summed E-state index contributed by atoms with van der Waals surface area (Å²) in [5.41, 5.74) is 0. The average Bonchev–Trinajstić information content (AvgIpc) is 2.08. The van der Waals surface area contributed by atoms with Crippen molar-refractivity contribution in [3.63, 3.8) is 0 Å². The van der Waals surface area contributed by atoms with Gasteiger partial charge in [-0.15, -0.1) is 0 Å². The van der Waals surface area contributed by atoms with E-state index in [1.165, 1.54) is 0 Å². The molecule has 1 N–H and O–H groups in total. The third-order valence-electron chi connectivity index (χ3n) is 0.949. The highest BCUT2D eigenvalue weighted by Crippen LogP contribution is 1.73. The molecule has 0 fully saturated rings. The lowest BCUT2D eigenvalue weighted by molar-refractivity contribution is -0.120. The van der Waals surface area contributed by atoms with Crippen LogP contribution in [0.4, 0.5) is 0 Å². The molecule has 3 heteroatoms. The molecule has 0 saturated heterocycles. The SMILES string of the molecule is CC.CCC(=O)NCCOC.[HH]. The molecule has 0 aromatic rings. The molecule has 11 heavy (non-hydrogen) atoms. The van der Waals surface area contributed by atoms with Crippen LogP contribution in [0.3, 0.4) is 0 Å². The van der Waals surface area contributed by atoms with Crippen LogP contribution in [0.5, 0.6) is 0 Å². The fourth-order valence-electron chi connectivity index (χ4n) is 0.418. The summed E-state index contributed by atoms with van der Waals surface area (Å²) >= 11 is 0. The molecule has 0 atom stereocenters. The minimum atomic E-state index is 0. The maximum Gasteiger partial charge on any atom is 0.219 e. The molecular formula is C8H21NO2. The molecule has 3 nitrogen and oxygen atoms in total. The molecule has 0 bridgehead atoms.